The molecule has 0 N–H and O–H groups in total. The molecule has 8 heteroatoms. The van der Waals surface area contributed by atoms with Gasteiger partial charge in [-0.05, 0) is 132 Å². The first-order valence-electron chi connectivity index (χ1n) is 30.6. The summed E-state index contributed by atoms with van der Waals surface area (Å²) in [6.45, 7) is 0. The van der Waals surface area contributed by atoms with Gasteiger partial charge in [-0.2, -0.15) is 0 Å². The summed E-state index contributed by atoms with van der Waals surface area (Å²) in [5.41, 5.74) is 13.1. The Kier molecular flexibility index (Phi) is 31.1. The average molecular weight is 2010 g/mol. The summed E-state index contributed by atoms with van der Waals surface area (Å²) in [4.78, 5) is 0. The van der Waals surface area contributed by atoms with Gasteiger partial charge in [0.2, 0.25) is 0 Å². The summed E-state index contributed by atoms with van der Waals surface area (Å²) < 4.78 is 0. The summed E-state index contributed by atoms with van der Waals surface area (Å²) in [5, 5.41) is 12.1. The second-order valence-electron chi connectivity index (χ2n) is 22.2. The maximum absolute atomic E-state index is 7.15. The molecular weight excluding hydrogens is 1940 g/mol. The Hall–Kier alpha value is -6.44. The van der Waals surface area contributed by atoms with E-state index in [1.165, 1.54) is 112 Å². The van der Waals surface area contributed by atoms with Crippen molar-refractivity contribution in [2.75, 3.05) is 24.6 Å². The number of hydrogen-bond donors (Lipinski definition) is 0. The largest absolute Gasteiger partial charge is 1.00 e. The van der Waals surface area contributed by atoms with Crippen LogP contribution in [0.4, 0.5) is 0 Å². The van der Waals surface area contributed by atoms with Crippen molar-refractivity contribution in [3.63, 3.8) is 0 Å². The molecule has 0 nitrogen and oxygen atoms in total. The Bertz CT molecular complexity index is 3730. The molecule has 14 rings (SSSR count). The molecule has 0 saturated carbocycles. The van der Waals surface area contributed by atoms with Crippen LogP contribution in [0.3, 0.4) is 0 Å². The standard InChI is InChI=1S/2C26H24P2.2C17H8.4Au/c2*1-5-13-23(14-6-1)27(24-15-7-2-8-16-24)21-22-28(25-17-9-3-10-18-25)26-19-11-4-12-20-26;2*1-3-12-5-7-16-14(9-12)11-15-10-13(4-2)6-8-17(15)16;;;;/h2*1-20H,21-22H2;2*5-10H,11H2;;;;/q;;2*-2;4*+1/p+4. The molecule has 0 saturated heterocycles. The molecule has 0 unspecified atom stereocenters. The zero-order valence-electron chi connectivity index (χ0n) is 51.5. The van der Waals surface area contributed by atoms with Crippen LogP contribution in [0.2, 0.25) is 0 Å². The smallest absolute Gasteiger partial charge is 0.366 e. The van der Waals surface area contributed by atoms with Gasteiger partial charge in [0.15, 0.2) is 0 Å². The molecule has 0 spiro atoms. The maximum atomic E-state index is 7.15. The summed E-state index contributed by atoms with van der Waals surface area (Å²) in [6, 6.07) is 113. The van der Waals surface area contributed by atoms with Crippen LogP contribution in [0, 0.1) is 49.4 Å². The van der Waals surface area contributed by atoms with Crippen LogP contribution < -0.4 is 42.4 Å². The van der Waals surface area contributed by atoms with Crippen molar-refractivity contribution in [2.45, 2.75) is 12.8 Å². The van der Waals surface area contributed by atoms with E-state index >= 15 is 0 Å². The normalized spacial score (nSPS) is 10.6. The summed E-state index contributed by atoms with van der Waals surface area (Å²) in [5.74, 6) is 9.65. The molecule has 472 valence electrons. The number of rotatable bonds is 14. The predicted octanol–water partition coefficient (Wildman–Crippen LogP) is 15.7. The molecular formula is C86H68Au4P4+4. The van der Waals surface area contributed by atoms with Gasteiger partial charge in [-0.3, -0.25) is 23.7 Å². The van der Waals surface area contributed by atoms with Crippen LogP contribution in [-0.2, 0) is 102 Å². The molecule has 0 radical (unpaired) electrons. The molecule has 2 aliphatic rings. The zero-order valence-corrected chi connectivity index (χ0v) is 64.1. The van der Waals surface area contributed by atoms with Crippen molar-refractivity contribution in [3.05, 3.63) is 386 Å². The Morgan fingerprint density at radius 1 is 0.213 bits per heavy atom. The van der Waals surface area contributed by atoms with Gasteiger partial charge in [-0.15, -0.1) is 70.8 Å². The van der Waals surface area contributed by atoms with Crippen LogP contribution in [0.5, 0.6) is 0 Å². The first-order valence-corrected chi connectivity index (χ1v) is 37.4. The second-order valence-corrected chi connectivity index (χ2v) is 32.6. The third-order valence-electron chi connectivity index (χ3n) is 16.6. The van der Waals surface area contributed by atoms with Crippen LogP contribution in [0.25, 0.3) is 22.3 Å². The first-order chi connectivity index (χ1) is 44.5. The van der Waals surface area contributed by atoms with Gasteiger partial charge in [0.05, 0.1) is 74.1 Å². The van der Waals surface area contributed by atoms with Crippen molar-refractivity contribution in [1.29, 1.82) is 0 Å². The molecule has 0 bridgehead atoms. The minimum absolute atomic E-state index is 0. The van der Waals surface area contributed by atoms with Crippen molar-refractivity contribution in [2.24, 2.45) is 0 Å². The fourth-order valence-electron chi connectivity index (χ4n) is 12.2. The van der Waals surface area contributed by atoms with Gasteiger partial charge in [0.1, 0.15) is 24.6 Å². The van der Waals surface area contributed by atoms with E-state index in [0.717, 1.165) is 35.1 Å². The topological polar surface area (TPSA) is 0 Å². The molecule has 0 fully saturated rings. The Balaban J connectivity index is 0.000000179. The van der Waals surface area contributed by atoms with E-state index in [1.54, 1.807) is 0 Å². The fourth-order valence-corrected chi connectivity index (χ4v) is 24.6. The SMILES string of the molecule is [Au+].[Au+].[Au+].[Au+].[C-]#Cc1ccc2c(c1)Cc1cc(C#[C-])ccc1-2.[C-]#Cc1ccc2c(c1)Cc1cc(C#[C-])ccc1-2.c1ccc([PH+](CC[PH+](c2ccccc2)c2ccccc2)c2ccccc2)cc1.c1ccc([PH+](CC[PH+](c2ccccc2)c2ccccc2)c2ccccc2)cc1. The fraction of sp³-hybridized carbons (Fsp3) is 0.0698. The zero-order chi connectivity index (χ0) is 61.7. The van der Waals surface area contributed by atoms with Gasteiger partial charge in [-0.25, -0.2) is 0 Å². The molecule has 0 aliphatic heterocycles. The van der Waals surface area contributed by atoms with Crippen molar-refractivity contribution in [3.8, 4) is 45.9 Å². The molecule has 12 aromatic carbocycles. The van der Waals surface area contributed by atoms with Gasteiger partial charge in [0.25, 0.3) is 0 Å². The van der Waals surface area contributed by atoms with E-state index in [4.69, 9.17) is 25.7 Å². The van der Waals surface area contributed by atoms with E-state index in [1.807, 2.05) is 72.8 Å². The molecule has 2 aliphatic carbocycles. The van der Waals surface area contributed by atoms with Gasteiger partial charge in [0, 0.05) is 0 Å². The number of fused-ring (bicyclic) bond motifs is 6. The van der Waals surface area contributed by atoms with Gasteiger partial charge in [-0.1, -0.05) is 192 Å². The molecule has 0 heterocycles. The van der Waals surface area contributed by atoms with Gasteiger partial charge < -0.3 is 25.7 Å². The maximum Gasteiger partial charge on any atom is 1.00 e. The summed E-state index contributed by atoms with van der Waals surface area (Å²) in [6.07, 6.45) is 35.4. The van der Waals surface area contributed by atoms with E-state index in [0.29, 0.717) is 0 Å². The minimum atomic E-state index is -0.783. The van der Waals surface area contributed by atoms with Crippen LogP contribution in [0.1, 0.15) is 44.5 Å². The Morgan fingerprint density at radius 2 is 0.362 bits per heavy atom. The second kappa shape index (κ2) is 38.9. The molecule has 0 aromatic heterocycles. The molecule has 12 aromatic rings. The van der Waals surface area contributed by atoms with Crippen molar-refractivity contribution in [1.82, 2.24) is 0 Å². The predicted molar refractivity (Wildman–Crippen MR) is 396 cm³/mol. The van der Waals surface area contributed by atoms with Crippen LogP contribution in [0.15, 0.2) is 315 Å². The van der Waals surface area contributed by atoms with Crippen molar-refractivity contribution < 1.29 is 89.5 Å². The average Bonchev–Trinajstić information content (AvgIpc) is 1.65. The van der Waals surface area contributed by atoms with E-state index in [-0.39, 0.29) is 89.5 Å². The van der Waals surface area contributed by atoms with Crippen LogP contribution >= 0.6 is 31.7 Å². The number of hydrogen-bond acceptors (Lipinski definition) is 0. The van der Waals surface area contributed by atoms with Crippen LogP contribution in [-0.4, -0.2) is 24.6 Å². The van der Waals surface area contributed by atoms with Crippen molar-refractivity contribution >= 4 is 74.1 Å². The molecule has 0 amide bonds. The number of benzene rings is 12. The quantitative estimate of drug-likeness (QED) is 0.0441. The molecule has 0 atom stereocenters. The Labute approximate surface area is 626 Å². The van der Waals surface area contributed by atoms with E-state index < -0.39 is 31.7 Å². The minimum Gasteiger partial charge on any atom is -0.366 e. The van der Waals surface area contributed by atoms with E-state index in [9.17, 15) is 0 Å². The summed E-state index contributed by atoms with van der Waals surface area (Å²) >= 11 is 0. The first kappa shape index (κ1) is 74.9. The third-order valence-corrected chi connectivity index (χ3v) is 28.8. The summed E-state index contributed by atoms with van der Waals surface area (Å²) in [7, 11) is -3.13. The third kappa shape index (κ3) is 19.8. The monoisotopic (exact) mass is 2010 g/mol. The molecule has 94 heavy (non-hydrogen) atoms. The van der Waals surface area contributed by atoms with E-state index in [2.05, 4.69) is 266 Å². The Morgan fingerprint density at radius 3 is 0.500 bits per heavy atom. The van der Waals surface area contributed by atoms with Gasteiger partial charge >= 0.3 is 89.5 Å².